The van der Waals surface area contributed by atoms with E-state index in [1.807, 2.05) is 24.3 Å². The van der Waals surface area contributed by atoms with E-state index >= 15 is 0 Å². The molecular formula is C23H23N5O5. The highest BCUT2D eigenvalue weighted by atomic mass is 16.5. The molecule has 0 spiro atoms. The number of nitrogens with zero attached hydrogens (tertiary/aromatic N) is 4. The summed E-state index contributed by atoms with van der Waals surface area (Å²) in [6, 6.07) is 17.9. The van der Waals surface area contributed by atoms with Crippen LogP contribution in [0.4, 0.5) is 0 Å². The highest BCUT2D eigenvalue weighted by Crippen LogP contribution is 2.22. The molecule has 4 rings (SSSR count). The van der Waals surface area contributed by atoms with Crippen molar-refractivity contribution in [2.75, 3.05) is 34.0 Å². The van der Waals surface area contributed by atoms with Gasteiger partial charge in [0.25, 0.3) is 5.91 Å². The van der Waals surface area contributed by atoms with Crippen molar-refractivity contribution in [2.24, 2.45) is 0 Å². The van der Waals surface area contributed by atoms with Gasteiger partial charge >= 0.3 is 0 Å². The van der Waals surface area contributed by atoms with Crippen LogP contribution in [0.1, 0.15) is 0 Å². The summed E-state index contributed by atoms with van der Waals surface area (Å²) in [4.78, 5) is 12.0. The minimum Gasteiger partial charge on any atom is -0.497 e. The molecule has 0 saturated carbocycles. The number of carbonyl (C=O) groups is 1. The summed E-state index contributed by atoms with van der Waals surface area (Å²) in [5.74, 6) is 2.78. The second kappa shape index (κ2) is 10.3. The standard InChI is InChI=1S/C23H23N5O5/c1-30-17-5-3-16(4-6-17)23-26-25-20-11-12-22(27-28(20)23)32-14-13-24-21(29)15-33-19-9-7-18(31-2)8-10-19/h3-12H,13-15H2,1-2H3,(H,24,29). The van der Waals surface area contributed by atoms with Crippen LogP contribution in [0.15, 0.2) is 60.7 Å². The number of hydrogen-bond acceptors (Lipinski definition) is 8. The van der Waals surface area contributed by atoms with Gasteiger partial charge in [0.1, 0.15) is 23.9 Å². The van der Waals surface area contributed by atoms with Crippen molar-refractivity contribution in [1.82, 2.24) is 25.1 Å². The van der Waals surface area contributed by atoms with Gasteiger partial charge in [0.15, 0.2) is 18.1 Å². The fraction of sp³-hybridized carbons (Fsp3) is 0.217. The minimum absolute atomic E-state index is 0.0948. The Hall–Kier alpha value is -4.34. The number of fused-ring (bicyclic) bond motifs is 1. The maximum atomic E-state index is 12.0. The molecule has 0 aliphatic rings. The topological polar surface area (TPSA) is 109 Å². The lowest BCUT2D eigenvalue weighted by Gasteiger charge is -2.09. The smallest absolute Gasteiger partial charge is 0.258 e. The van der Waals surface area contributed by atoms with Crippen LogP contribution in [0.2, 0.25) is 0 Å². The molecule has 0 fully saturated rings. The first kappa shape index (κ1) is 21.9. The molecule has 10 heteroatoms. The summed E-state index contributed by atoms with van der Waals surface area (Å²) in [5, 5.41) is 15.5. The number of amides is 1. The Balaban J connectivity index is 1.27. The Bertz CT molecular complexity index is 1210. The van der Waals surface area contributed by atoms with Gasteiger partial charge in [-0.3, -0.25) is 4.79 Å². The number of methoxy groups -OCH3 is 2. The van der Waals surface area contributed by atoms with E-state index in [1.165, 1.54) is 0 Å². The minimum atomic E-state index is -0.251. The first-order chi connectivity index (χ1) is 16.2. The first-order valence-corrected chi connectivity index (χ1v) is 10.2. The summed E-state index contributed by atoms with van der Waals surface area (Å²) in [6.45, 7) is 0.452. The second-order valence-electron chi connectivity index (χ2n) is 6.86. The first-order valence-electron chi connectivity index (χ1n) is 10.2. The van der Waals surface area contributed by atoms with Crippen molar-refractivity contribution >= 4 is 11.6 Å². The van der Waals surface area contributed by atoms with Crippen LogP contribution in [0.3, 0.4) is 0 Å². The number of carbonyl (C=O) groups excluding carboxylic acids is 1. The van der Waals surface area contributed by atoms with Crippen LogP contribution in [0.5, 0.6) is 23.1 Å². The quantitative estimate of drug-likeness (QED) is 0.368. The molecule has 0 bridgehead atoms. The van der Waals surface area contributed by atoms with E-state index in [1.54, 1.807) is 55.1 Å². The molecule has 170 valence electrons. The lowest BCUT2D eigenvalue weighted by molar-refractivity contribution is -0.123. The molecule has 0 radical (unpaired) electrons. The third-order valence-electron chi connectivity index (χ3n) is 4.69. The molecular weight excluding hydrogens is 426 g/mol. The third kappa shape index (κ3) is 5.48. The molecule has 1 N–H and O–H groups in total. The molecule has 0 aliphatic heterocycles. The molecule has 2 heterocycles. The van der Waals surface area contributed by atoms with E-state index in [0.717, 1.165) is 17.1 Å². The molecule has 0 unspecified atom stereocenters. The molecule has 0 atom stereocenters. The summed E-state index contributed by atoms with van der Waals surface area (Å²) < 4.78 is 23.0. The SMILES string of the molecule is COc1ccc(OCC(=O)NCCOc2ccc3nnc(-c4ccc(OC)cc4)n3n2)cc1. The van der Waals surface area contributed by atoms with Crippen LogP contribution in [0, 0.1) is 0 Å². The van der Waals surface area contributed by atoms with Crippen LogP contribution in [-0.2, 0) is 4.79 Å². The third-order valence-corrected chi connectivity index (χ3v) is 4.69. The zero-order valence-electron chi connectivity index (χ0n) is 18.2. The van der Waals surface area contributed by atoms with E-state index in [2.05, 4.69) is 20.6 Å². The molecule has 4 aromatic rings. The van der Waals surface area contributed by atoms with Gasteiger partial charge in [0, 0.05) is 11.6 Å². The number of rotatable bonds is 10. The summed E-state index contributed by atoms with van der Waals surface area (Å²) in [5.41, 5.74) is 1.44. The summed E-state index contributed by atoms with van der Waals surface area (Å²) in [7, 11) is 3.20. The van der Waals surface area contributed by atoms with Gasteiger partial charge < -0.3 is 24.3 Å². The normalized spacial score (nSPS) is 10.6. The highest BCUT2D eigenvalue weighted by Gasteiger charge is 2.11. The van der Waals surface area contributed by atoms with E-state index in [4.69, 9.17) is 18.9 Å². The maximum Gasteiger partial charge on any atom is 0.258 e. The number of hydrogen-bond donors (Lipinski definition) is 1. The molecule has 0 saturated heterocycles. The van der Waals surface area contributed by atoms with Crippen molar-refractivity contribution < 1.29 is 23.7 Å². The average molecular weight is 449 g/mol. The van der Waals surface area contributed by atoms with Gasteiger partial charge in [-0.15, -0.1) is 15.3 Å². The fourth-order valence-corrected chi connectivity index (χ4v) is 2.99. The number of ether oxygens (including phenoxy) is 4. The van der Waals surface area contributed by atoms with Crippen LogP contribution < -0.4 is 24.3 Å². The van der Waals surface area contributed by atoms with Gasteiger partial charge in [-0.2, -0.15) is 4.52 Å². The van der Waals surface area contributed by atoms with E-state index in [0.29, 0.717) is 29.6 Å². The van der Waals surface area contributed by atoms with Crippen LogP contribution >= 0.6 is 0 Å². The Morgan fingerprint density at radius 2 is 1.52 bits per heavy atom. The highest BCUT2D eigenvalue weighted by molar-refractivity contribution is 5.77. The molecule has 1 amide bonds. The fourth-order valence-electron chi connectivity index (χ4n) is 2.99. The van der Waals surface area contributed by atoms with E-state index in [9.17, 15) is 4.79 Å². The predicted octanol–water partition coefficient (Wildman–Crippen LogP) is 2.38. The van der Waals surface area contributed by atoms with Gasteiger partial charge in [-0.1, -0.05) is 0 Å². The molecule has 2 aromatic heterocycles. The Labute approximate surface area is 190 Å². The number of nitrogens with one attached hydrogen (secondary N) is 1. The summed E-state index contributed by atoms with van der Waals surface area (Å²) >= 11 is 0. The predicted molar refractivity (Wildman–Crippen MR) is 120 cm³/mol. The number of benzene rings is 2. The van der Waals surface area contributed by atoms with Gasteiger partial charge in [-0.25, -0.2) is 0 Å². The van der Waals surface area contributed by atoms with Gasteiger partial charge in [0.2, 0.25) is 5.88 Å². The number of aromatic nitrogens is 4. The molecule has 10 nitrogen and oxygen atoms in total. The van der Waals surface area contributed by atoms with Crippen molar-refractivity contribution in [3.8, 4) is 34.5 Å². The lowest BCUT2D eigenvalue weighted by atomic mass is 10.2. The Kier molecular flexibility index (Phi) is 6.84. The van der Waals surface area contributed by atoms with Crippen molar-refractivity contribution in [1.29, 1.82) is 0 Å². The van der Waals surface area contributed by atoms with Gasteiger partial charge in [-0.05, 0) is 54.6 Å². The summed E-state index contributed by atoms with van der Waals surface area (Å²) in [6.07, 6.45) is 0. The van der Waals surface area contributed by atoms with E-state index in [-0.39, 0.29) is 19.1 Å². The zero-order valence-corrected chi connectivity index (χ0v) is 18.2. The van der Waals surface area contributed by atoms with Crippen LogP contribution in [0.25, 0.3) is 17.0 Å². The Morgan fingerprint density at radius 1 is 0.848 bits per heavy atom. The van der Waals surface area contributed by atoms with E-state index < -0.39 is 0 Å². The molecule has 2 aromatic carbocycles. The zero-order chi connectivity index (χ0) is 23.0. The van der Waals surface area contributed by atoms with Crippen molar-refractivity contribution in [3.05, 3.63) is 60.7 Å². The van der Waals surface area contributed by atoms with Crippen molar-refractivity contribution in [2.45, 2.75) is 0 Å². The Morgan fingerprint density at radius 3 is 2.21 bits per heavy atom. The largest absolute Gasteiger partial charge is 0.497 e. The lowest BCUT2D eigenvalue weighted by Crippen LogP contribution is -2.32. The second-order valence-corrected chi connectivity index (χ2v) is 6.86. The average Bonchev–Trinajstić information content (AvgIpc) is 3.29. The van der Waals surface area contributed by atoms with Crippen LogP contribution in [-0.4, -0.2) is 59.7 Å². The monoisotopic (exact) mass is 449 g/mol. The van der Waals surface area contributed by atoms with Crippen molar-refractivity contribution in [3.63, 3.8) is 0 Å². The van der Waals surface area contributed by atoms with Gasteiger partial charge in [0.05, 0.1) is 20.8 Å². The maximum absolute atomic E-state index is 12.0. The molecule has 33 heavy (non-hydrogen) atoms. The molecule has 0 aliphatic carbocycles.